The summed E-state index contributed by atoms with van der Waals surface area (Å²) >= 11 is 0. The van der Waals surface area contributed by atoms with Crippen LogP contribution in [0, 0.1) is 0 Å². The Morgan fingerprint density at radius 1 is 0.348 bits per heavy atom. The minimum Gasteiger partial charge on any atom is -0.466 e. The topological polar surface area (TPSA) is 95.9 Å². The van der Waals surface area contributed by atoms with Crippen LogP contribution in [0.25, 0.3) is 0 Å². The molecule has 69 heavy (non-hydrogen) atoms. The van der Waals surface area contributed by atoms with Gasteiger partial charge in [-0.3, -0.25) is 9.59 Å². The predicted octanol–water partition coefficient (Wildman–Crippen LogP) is 19.9. The molecule has 0 rings (SSSR count). The van der Waals surface area contributed by atoms with Gasteiger partial charge in [0.1, 0.15) is 0 Å². The lowest BCUT2D eigenvalue weighted by Gasteiger charge is -2.22. The van der Waals surface area contributed by atoms with E-state index >= 15 is 0 Å². The van der Waals surface area contributed by atoms with Crippen molar-refractivity contribution < 1.29 is 24.5 Å². The van der Waals surface area contributed by atoms with E-state index in [-0.39, 0.29) is 18.5 Å². The number of unbranched alkanes of at least 4 members (excludes halogenated alkanes) is 49. The van der Waals surface area contributed by atoms with Gasteiger partial charge in [0.2, 0.25) is 5.91 Å². The third-order valence-corrected chi connectivity index (χ3v) is 15.2. The number of ether oxygens (including phenoxy) is 1. The first kappa shape index (κ1) is 67.9. The Kier molecular flexibility index (Phi) is 58.4. The SMILES string of the molecule is CCCCCCCCCCCCCCCCCCCCC(=O)OCCCCCCCCCCCCCCCCCCCCCCCCCCC(=O)NC(CO)C(O)CCCCCCCCCCCC. The Bertz CT molecular complexity index is 990. The van der Waals surface area contributed by atoms with Gasteiger partial charge in [-0.2, -0.15) is 0 Å². The quantitative estimate of drug-likeness (QED) is 0.0417. The Hall–Kier alpha value is -1.14. The highest BCUT2D eigenvalue weighted by Crippen LogP contribution is 2.19. The number of carbonyl (C=O) groups excluding carboxylic acids is 2. The van der Waals surface area contributed by atoms with Gasteiger partial charge in [-0.1, -0.05) is 328 Å². The number of amides is 1. The fourth-order valence-corrected chi connectivity index (χ4v) is 10.3. The van der Waals surface area contributed by atoms with Gasteiger partial charge >= 0.3 is 5.97 Å². The maximum absolute atomic E-state index is 12.4. The molecule has 0 saturated carbocycles. The molecule has 0 heterocycles. The maximum Gasteiger partial charge on any atom is 0.305 e. The van der Waals surface area contributed by atoms with Crippen molar-refractivity contribution in [3.05, 3.63) is 0 Å². The van der Waals surface area contributed by atoms with Gasteiger partial charge in [-0.15, -0.1) is 0 Å². The van der Waals surface area contributed by atoms with Crippen LogP contribution in [0.2, 0.25) is 0 Å². The van der Waals surface area contributed by atoms with Gasteiger partial charge in [0.25, 0.3) is 0 Å². The molecule has 2 atom stereocenters. The molecule has 412 valence electrons. The standard InChI is InChI=1S/C63H125NO5/c1-3-5-7-9-11-13-15-16-17-18-28-31-34-37-41-45-49-53-57-63(68)69-58-54-50-46-42-38-35-32-29-26-24-22-20-19-21-23-25-27-30-33-36-40-44-48-52-56-62(67)64-60(59-65)61(66)55-51-47-43-39-14-12-10-8-6-4-2/h60-61,65-66H,3-59H2,1-2H3,(H,64,67). The monoisotopic (exact) mass is 976 g/mol. The Morgan fingerprint density at radius 3 is 0.884 bits per heavy atom. The number of esters is 1. The second-order valence-corrected chi connectivity index (χ2v) is 22.1. The number of carbonyl (C=O) groups is 2. The van der Waals surface area contributed by atoms with E-state index in [4.69, 9.17) is 4.74 Å². The molecule has 0 fully saturated rings. The smallest absolute Gasteiger partial charge is 0.305 e. The minimum atomic E-state index is -0.660. The fraction of sp³-hybridized carbons (Fsp3) is 0.968. The zero-order chi connectivity index (χ0) is 50.0. The second-order valence-electron chi connectivity index (χ2n) is 22.1. The summed E-state index contributed by atoms with van der Waals surface area (Å²) < 4.78 is 5.51. The Labute approximate surface area is 432 Å². The molecule has 0 aromatic heterocycles. The van der Waals surface area contributed by atoms with Crippen LogP contribution in [0.3, 0.4) is 0 Å². The third-order valence-electron chi connectivity index (χ3n) is 15.2. The van der Waals surface area contributed by atoms with Crippen LogP contribution in [0.15, 0.2) is 0 Å². The van der Waals surface area contributed by atoms with Crippen molar-refractivity contribution in [2.24, 2.45) is 0 Å². The summed E-state index contributed by atoms with van der Waals surface area (Å²) in [6.07, 6.45) is 69.9. The second kappa shape index (κ2) is 59.4. The molecule has 0 aromatic rings. The number of hydrogen-bond donors (Lipinski definition) is 3. The van der Waals surface area contributed by atoms with Crippen LogP contribution in [-0.4, -0.2) is 47.4 Å². The molecule has 6 nitrogen and oxygen atoms in total. The molecule has 0 radical (unpaired) electrons. The normalized spacial score (nSPS) is 12.5. The molecule has 2 unspecified atom stereocenters. The molecular weight excluding hydrogens is 851 g/mol. The summed E-state index contributed by atoms with van der Waals surface area (Å²) in [6.45, 7) is 4.97. The van der Waals surface area contributed by atoms with Crippen LogP contribution in [0.5, 0.6) is 0 Å². The van der Waals surface area contributed by atoms with Gasteiger partial charge in [0, 0.05) is 12.8 Å². The van der Waals surface area contributed by atoms with Crippen molar-refractivity contribution in [1.29, 1.82) is 0 Å². The van der Waals surface area contributed by atoms with Crippen molar-refractivity contribution in [3.63, 3.8) is 0 Å². The first-order valence-corrected chi connectivity index (χ1v) is 31.8. The molecule has 0 aromatic carbocycles. The van der Waals surface area contributed by atoms with Crippen LogP contribution < -0.4 is 5.32 Å². The maximum atomic E-state index is 12.4. The number of rotatable bonds is 60. The third kappa shape index (κ3) is 56.0. The molecular formula is C63H125NO5. The molecule has 0 aliphatic carbocycles. The molecule has 3 N–H and O–H groups in total. The molecule has 1 amide bonds. The van der Waals surface area contributed by atoms with Crippen molar-refractivity contribution in [2.45, 2.75) is 379 Å². The van der Waals surface area contributed by atoms with Crippen molar-refractivity contribution in [2.75, 3.05) is 13.2 Å². The fourth-order valence-electron chi connectivity index (χ4n) is 10.3. The van der Waals surface area contributed by atoms with Crippen LogP contribution in [-0.2, 0) is 14.3 Å². The highest BCUT2D eigenvalue weighted by Gasteiger charge is 2.20. The van der Waals surface area contributed by atoms with Crippen LogP contribution >= 0.6 is 0 Å². The summed E-state index contributed by atoms with van der Waals surface area (Å²) in [6, 6.07) is -0.537. The lowest BCUT2D eigenvalue weighted by Crippen LogP contribution is -2.45. The summed E-state index contributed by atoms with van der Waals surface area (Å²) in [7, 11) is 0. The molecule has 0 aliphatic rings. The first-order valence-electron chi connectivity index (χ1n) is 31.8. The van der Waals surface area contributed by atoms with E-state index in [1.54, 1.807) is 0 Å². The largest absolute Gasteiger partial charge is 0.466 e. The number of aliphatic hydroxyl groups excluding tert-OH is 2. The average Bonchev–Trinajstić information content (AvgIpc) is 3.35. The molecule has 0 spiro atoms. The molecule has 0 saturated heterocycles. The number of nitrogens with one attached hydrogen (secondary N) is 1. The van der Waals surface area contributed by atoms with E-state index in [1.165, 1.54) is 295 Å². The van der Waals surface area contributed by atoms with Crippen molar-refractivity contribution in [1.82, 2.24) is 5.32 Å². The van der Waals surface area contributed by atoms with E-state index < -0.39 is 12.1 Å². The van der Waals surface area contributed by atoms with E-state index in [0.29, 0.717) is 25.9 Å². The lowest BCUT2D eigenvalue weighted by atomic mass is 10.0. The van der Waals surface area contributed by atoms with Gasteiger partial charge in [-0.05, 0) is 25.7 Å². The van der Waals surface area contributed by atoms with E-state index in [0.717, 1.165) is 38.5 Å². The average molecular weight is 977 g/mol. The molecule has 0 aliphatic heterocycles. The molecule has 6 heteroatoms. The summed E-state index contributed by atoms with van der Waals surface area (Å²) in [5.74, 6) is -0.0126. The first-order chi connectivity index (χ1) is 34.0. The number of aliphatic hydroxyl groups is 2. The van der Waals surface area contributed by atoms with Crippen LogP contribution in [0.1, 0.15) is 367 Å². The zero-order valence-corrected chi connectivity index (χ0v) is 47.1. The molecule has 0 bridgehead atoms. The predicted molar refractivity (Wildman–Crippen MR) is 301 cm³/mol. The number of hydrogen-bond acceptors (Lipinski definition) is 5. The Morgan fingerprint density at radius 2 is 0.594 bits per heavy atom. The summed E-state index contributed by atoms with van der Waals surface area (Å²) in [5.41, 5.74) is 0. The summed E-state index contributed by atoms with van der Waals surface area (Å²) in [4.78, 5) is 24.5. The highest BCUT2D eigenvalue weighted by atomic mass is 16.5. The van der Waals surface area contributed by atoms with Crippen LogP contribution in [0.4, 0.5) is 0 Å². The van der Waals surface area contributed by atoms with Crippen molar-refractivity contribution in [3.8, 4) is 0 Å². The van der Waals surface area contributed by atoms with Crippen molar-refractivity contribution >= 4 is 11.9 Å². The zero-order valence-electron chi connectivity index (χ0n) is 47.1. The van der Waals surface area contributed by atoms with E-state index in [9.17, 15) is 19.8 Å². The van der Waals surface area contributed by atoms with Gasteiger partial charge in [0.05, 0.1) is 25.4 Å². The van der Waals surface area contributed by atoms with Gasteiger partial charge in [-0.25, -0.2) is 0 Å². The van der Waals surface area contributed by atoms with E-state index in [1.807, 2.05) is 0 Å². The minimum absolute atomic E-state index is 0.0207. The Balaban J connectivity index is 3.30. The summed E-state index contributed by atoms with van der Waals surface area (Å²) in [5, 5.41) is 23.2. The van der Waals surface area contributed by atoms with Gasteiger partial charge in [0.15, 0.2) is 0 Å². The van der Waals surface area contributed by atoms with Gasteiger partial charge < -0.3 is 20.3 Å². The highest BCUT2D eigenvalue weighted by molar-refractivity contribution is 5.76. The lowest BCUT2D eigenvalue weighted by molar-refractivity contribution is -0.143. The van der Waals surface area contributed by atoms with E-state index in [2.05, 4.69) is 19.2 Å².